The van der Waals surface area contributed by atoms with Gasteiger partial charge in [0.15, 0.2) is 18.1 Å². The number of benzene rings is 3. The van der Waals surface area contributed by atoms with Gasteiger partial charge in [-0.05, 0) is 64.0 Å². The third-order valence-corrected chi connectivity index (χ3v) is 6.00. The normalized spacial score (nSPS) is 10.9. The summed E-state index contributed by atoms with van der Waals surface area (Å²) in [5.41, 5.74) is 3.81. The van der Waals surface area contributed by atoms with Crippen LogP contribution in [0.15, 0.2) is 58.1 Å². The number of nitrogens with zero attached hydrogens (tertiary/aromatic N) is 1. The standard InChI is InChI=1S/C23H17BrCl4N2O4/c1-32-21-7-13(6-17(24)23(21)34-11-14-2-3-15(25)8-18(14)27)10-29-30-22(31)12-33-20-5-4-16(26)9-19(20)28/h2-10H,11-12H2,1H3,(H,30,31)/b29-10-. The molecule has 0 saturated heterocycles. The molecule has 3 rings (SSSR count). The van der Waals surface area contributed by atoms with E-state index in [0.717, 1.165) is 5.56 Å². The number of rotatable bonds is 9. The van der Waals surface area contributed by atoms with Gasteiger partial charge in [0, 0.05) is 20.6 Å². The third-order valence-electron chi connectivity index (χ3n) is 4.29. The average Bonchev–Trinajstić information content (AvgIpc) is 2.78. The van der Waals surface area contributed by atoms with Crippen molar-refractivity contribution in [2.75, 3.05) is 13.7 Å². The van der Waals surface area contributed by atoms with Gasteiger partial charge in [-0.15, -0.1) is 0 Å². The Hall–Kier alpha value is -2.16. The van der Waals surface area contributed by atoms with Crippen LogP contribution in [-0.4, -0.2) is 25.8 Å². The SMILES string of the molecule is COc1cc(/C=N\NC(=O)COc2ccc(Cl)cc2Cl)cc(Br)c1OCc1ccc(Cl)cc1Cl. The molecule has 0 aliphatic carbocycles. The highest BCUT2D eigenvalue weighted by atomic mass is 79.9. The first kappa shape index (κ1) is 26.4. The van der Waals surface area contributed by atoms with Gasteiger partial charge in [0.2, 0.25) is 0 Å². The van der Waals surface area contributed by atoms with Gasteiger partial charge in [0.1, 0.15) is 12.4 Å². The molecule has 0 aromatic heterocycles. The van der Waals surface area contributed by atoms with Gasteiger partial charge in [0.05, 0.1) is 22.8 Å². The molecule has 1 N–H and O–H groups in total. The quantitative estimate of drug-likeness (QED) is 0.207. The summed E-state index contributed by atoms with van der Waals surface area (Å²) in [5.74, 6) is 0.832. The molecule has 1 amide bonds. The van der Waals surface area contributed by atoms with Gasteiger partial charge in [-0.25, -0.2) is 5.43 Å². The lowest BCUT2D eigenvalue weighted by molar-refractivity contribution is -0.123. The van der Waals surface area contributed by atoms with Gasteiger partial charge in [-0.2, -0.15) is 5.10 Å². The van der Waals surface area contributed by atoms with Crippen LogP contribution in [0.1, 0.15) is 11.1 Å². The number of nitrogens with one attached hydrogen (secondary N) is 1. The summed E-state index contributed by atoms with van der Waals surface area (Å²) < 4.78 is 17.3. The van der Waals surface area contributed by atoms with Crippen LogP contribution >= 0.6 is 62.3 Å². The number of hydrogen-bond donors (Lipinski definition) is 1. The van der Waals surface area contributed by atoms with Gasteiger partial charge in [-0.1, -0.05) is 52.5 Å². The van der Waals surface area contributed by atoms with E-state index in [1.807, 2.05) is 0 Å². The number of halogens is 5. The molecule has 0 heterocycles. The minimum Gasteiger partial charge on any atom is -0.493 e. The lowest BCUT2D eigenvalue weighted by atomic mass is 10.2. The number of carbonyl (C=O) groups is 1. The van der Waals surface area contributed by atoms with E-state index in [1.54, 1.807) is 42.5 Å². The lowest BCUT2D eigenvalue weighted by Crippen LogP contribution is -2.24. The summed E-state index contributed by atoms with van der Waals surface area (Å²) in [4.78, 5) is 12.0. The molecular weight excluding hydrogens is 590 g/mol. The predicted octanol–water partition coefficient (Wildman–Crippen LogP) is 7.18. The average molecular weight is 607 g/mol. The summed E-state index contributed by atoms with van der Waals surface area (Å²) in [6, 6.07) is 13.4. The lowest BCUT2D eigenvalue weighted by Gasteiger charge is -2.14. The van der Waals surface area contributed by atoms with Crippen molar-refractivity contribution in [3.8, 4) is 17.2 Å². The van der Waals surface area contributed by atoms with E-state index in [-0.39, 0.29) is 13.2 Å². The molecule has 0 aliphatic rings. The summed E-state index contributed by atoms with van der Waals surface area (Å²) >= 11 is 27.5. The minimum absolute atomic E-state index is 0.214. The van der Waals surface area contributed by atoms with Gasteiger partial charge >= 0.3 is 0 Å². The maximum absolute atomic E-state index is 12.0. The van der Waals surface area contributed by atoms with Crippen LogP contribution in [0, 0.1) is 0 Å². The van der Waals surface area contributed by atoms with E-state index in [1.165, 1.54) is 19.4 Å². The fourth-order valence-corrected chi connectivity index (χ4v) is 4.19. The van der Waals surface area contributed by atoms with E-state index in [9.17, 15) is 4.79 Å². The number of hydrogen-bond acceptors (Lipinski definition) is 5. The second-order valence-corrected chi connectivity index (χ2v) is 9.26. The van der Waals surface area contributed by atoms with Crippen molar-refractivity contribution in [3.63, 3.8) is 0 Å². The Balaban J connectivity index is 1.60. The number of amides is 1. The smallest absolute Gasteiger partial charge is 0.277 e. The van der Waals surface area contributed by atoms with E-state index >= 15 is 0 Å². The first-order chi connectivity index (χ1) is 16.3. The Labute approximate surface area is 224 Å². The van der Waals surface area contributed by atoms with Gasteiger partial charge in [-0.3, -0.25) is 4.79 Å². The van der Waals surface area contributed by atoms with Crippen molar-refractivity contribution in [2.24, 2.45) is 5.10 Å². The van der Waals surface area contributed by atoms with Crippen LogP contribution in [0.3, 0.4) is 0 Å². The molecule has 178 valence electrons. The fraction of sp³-hybridized carbons (Fsp3) is 0.130. The largest absolute Gasteiger partial charge is 0.493 e. The molecule has 0 radical (unpaired) electrons. The Bertz CT molecular complexity index is 1220. The zero-order valence-electron chi connectivity index (χ0n) is 17.6. The molecule has 0 unspecified atom stereocenters. The van der Waals surface area contributed by atoms with Crippen molar-refractivity contribution in [1.29, 1.82) is 0 Å². The summed E-state index contributed by atoms with van der Waals surface area (Å²) in [5, 5.41) is 5.77. The Morgan fingerprint density at radius 2 is 1.68 bits per heavy atom. The van der Waals surface area contributed by atoms with Crippen molar-refractivity contribution < 1.29 is 19.0 Å². The fourth-order valence-electron chi connectivity index (χ4n) is 2.69. The molecular formula is C23H17BrCl4N2O4. The number of carbonyl (C=O) groups excluding carboxylic acids is 1. The maximum Gasteiger partial charge on any atom is 0.277 e. The Morgan fingerprint density at radius 1 is 0.971 bits per heavy atom. The molecule has 6 nitrogen and oxygen atoms in total. The molecule has 0 spiro atoms. The van der Waals surface area contributed by atoms with E-state index in [0.29, 0.717) is 47.4 Å². The molecule has 0 atom stereocenters. The van der Waals surface area contributed by atoms with Crippen LogP contribution < -0.4 is 19.6 Å². The van der Waals surface area contributed by atoms with E-state index in [4.69, 9.17) is 60.6 Å². The van der Waals surface area contributed by atoms with Gasteiger partial charge < -0.3 is 14.2 Å². The van der Waals surface area contributed by atoms with E-state index < -0.39 is 5.91 Å². The molecule has 0 fully saturated rings. The highest BCUT2D eigenvalue weighted by molar-refractivity contribution is 9.10. The van der Waals surface area contributed by atoms with Crippen LogP contribution in [0.4, 0.5) is 0 Å². The Morgan fingerprint density at radius 3 is 2.35 bits per heavy atom. The second-order valence-electron chi connectivity index (χ2n) is 6.72. The number of methoxy groups -OCH3 is 1. The molecule has 34 heavy (non-hydrogen) atoms. The zero-order chi connectivity index (χ0) is 24.7. The van der Waals surface area contributed by atoms with Crippen LogP contribution in [0.5, 0.6) is 17.2 Å². The molecule has 11 heteroatoms. The molecule has 0 aliphatic heterocycles. The number of ether oxygens (including phenoxy) is 3. The predicted molar refractivity (Wildman–Crippen MR) is 139 cm³/mol. The molecule has 3 aromatic rings. The van der Waals surface area contributed by atoms with Crippen molar-refractivity contribution >= 4 is 74.5 Å². The third kappa shape index (κ3) is 7.42. The van der Waals surface area contributed by atoms with Gasteiger partial charge in [0.25, 0.3) is 5.91 Å². The molecule has 0 saturated carbocycles. The highest BCUT2D eigenvalue weighted by Crippen LogP contribution is 2.37. The van der Waals surface area contributed by atoms with Crippen LogP contribution in [0.25, 0.3) is 0 Å². The highest BCUT2D eigenvalue weighted by Gasteiger charge is 2.13. The van der Waals surface area contributed by atoms with E-state index in [2.05, 4.69) is 26.5 Å². The number of hydrazone groups is 1. The zero-order valence-corrected chi connectivity index (χ0v) is 22.2. The first-order valence-corrected chi connectivity index (χ1v) is 11.9. The summed E-state index contributed by atoms with van der Waals surface area (Å²) in [7, 11) is 1.52. The summed E-state index contributed by atoms with van der Waals surface area (Å²) in [6.07, 6.45) is 1.46. The minimum atomic E-state index is -0.465. The molecule has 0 bridgehead atoms. The summed E-state index contributed by atoms with van der Waals surface area (Å²) in [6.45, 7) is -0.0577. The maximum atomic E-state index is 12.0. The monoisotopic (exact) mass is 604 g/mol. The first-order valence-electron chi connectivity index (χ1n) is 9.61. The Kier molecular flexibility index (Phi) is 9.74. The van der Waals surface area contributed by atoms with Crippen molar-refractivity contribution in [3.05, 3.63) is 84.2 Å². The van der Waals surface area contributed by atoms with Crippen LogP contribution in [0.2, 0.25) is 20.1 Å². The topological polar surface area (TPSA) is 69.2 Å². The molecule has 3 aromatic carbocycles. The second kappa shape index (κ2) is 12.5. The van der Waals surface area contributed by atoms with Crippen molar-refractivity contribution in [2.45, 2.75) is 6.61 Å². The van der Waals surface area contributed by atoms with Crippen molar-refractivity contribution in [1.82, 2.24) is 5.43 Å². The van der Waals surface area contributed by atoms with Crippen LogP contribution in [-0.2, 0) is 11.4 Å².